The van der Waals surface area contributed by atoms with Gasteiger partial charge in [-0.2, -0.15) is 0 Å². The first-order valence-corrected chi connectivity index (χ1v) is 7.87. The predicted molar refractivity (Wildman–Crippen MR) is 88.7 cm³/mol. The Morgan fingerprint density at radius 1 is 1.00 bits per heavy atom. The van der Waals surface area contributed by atoms with Crippen LogP contribution in [0.15, 0.2) is 54.5 Å². The van der Waals surface area contributed by atoms with E-state index < -0.39 is 10.9 Å². The first-order valence-electron chi connectivity index (χ1n) is 7.87. The standard InChI is InChI=1S/C18H16F2N2O3/c19-14-5-9-16(10-6-14)25-15-7-3-13(4-8-15)17(18(20)22(23)24)21-11-1-2-12-21/h3-10H,1-2,11-12H2. The second-order valence-corrected chi connectivity index (χ2v) is 5.67. The molecule has 1 aliphatic rings. The molecule has 2 aromatic rings. The number of hydrogen-bond acceptors (Lipinski definition) is 4. The summed E-state index contributed by atoms with van der Waals surface area (Å²) in [4.78, 5) is 11.6. The van der Waals surface area contributed by atoms with Gasteiger partial charge in [-0.3, -0.25) is 10.1 Å². The number of nitrogens with zero attached hydrogens (tertiary/aromatic N) is 2. The largest absolute Gasteiger partial charge is 0.457 e. The molecule has 25 heavy (non-hydrogen) atoms. The van der Waals surface area contributed by atoms with E-state index in [1.54, 1.807) is 29.2 Å². The first kappa shape index (κ1) is 16.9. The third-order valence-corrected chi connectivity index (χ3v) is 3.96. The zero-order valence-electron chi connectivity index (χ0n) is 13.3. The summed E-state index contributed by atoms with van der Waals surface area (Å²) in [5, 5.41) is 10.9. The Morgan fingerprint density at radius 3 is 2.04 bits per heavy atom. The summed E-state index contributed by atoms with van der Waals surface area (Å²) in [5.41, 5.74) is 0.415. The summed E-state index contributed by atoms with van der Waals surface area (Å²) in [6.45, 7) is 1.18. The van der Waals surface area contributed by atoms with E-state index in [9.17, 15) is 18.9 Å². The van der Waals surface area contributed by atoms with Crippen LogP contribution in [0.1, 0.15) is 18.4 Å². The highest BCUT2D eigenvalue weighted by Gasteiger charge is 2.27. The van der Waals surface area contributed by atoms with Crippen LogP contribution < -0.4 is 4.74 Å². The molecule has 0 radical (unpaired) electrons. The monoisotopic (exact) mass is 346 g/mol. The van der Waals surface area contributed by atoms with Gasteiger partial charge in [0.15, 0.2) is 5.70 Å². The molecule has 5 nitrogen and oxygen atoms in total. The van der Waals surface area contributed by atoms with Crippen LogP contribution in [0.5, 0.6) is 11.5 Å². The molecule has 0 aliphatic carbocycles. The molecule has 0 spiro atoms. The smallest absolute Gasteiger partial charge is 0.443 e. The van der Waals surface area contributed by atoms with Gasteiger partial charge < -0.3 is 9.64 Å². The van der Waals surface area contributed by atoms with Crippen molar-refractivity contribution in [3.05, 3.63) is 76.0 Å². The highest BCUT2D eigenvalue weighted by Crippen LogP contribution is 2.30. The summed E-state index contributed by atoms with van der Waals surface area (Å²) in [7, 11) is 0. The van der Waals surface area contributed by atoms with Crippen molar-refractivity contribution < 1.29 is 18.4 Å². The zero-order valence-corrected chi connectivity index (χ0v) is 13.3. The number of halogens is 2. The minimum Gasteiger partial charge on any atom is -0.457 e. The number of likely N-dealkylation sites (tertiary alicyclic amines) is 1. The van der Waals surface area contributed by atoms with E-state index in [-0.39, 0.29) is 11.5 Å². The van der Waals surface area contributed by atoms with Crippen molar-refractivity contribution in [3.63, 3.8) is 0 Å². The van der Waals surface area contributed by atoms with Gasteiger partial charge >= 0.3 is 5.95 Å². The first-order chi connectivity index (χ1) is 12.0. The van der Waals surface area contributed by atoms with Crippen molar-refractivity contribution in [3.8, 4) is 11.5 Å². The SMILES string of the molecule is O=[N+]([O-])C(F)=C(c1ccc(Oc2ccc(F)cc2)cc1)N1CCCC1. The molecule has 1 fully saturated rings. The lowest BCUT2D eigenvalue weighted by atomic mass is 10.1. The quantitative estimate of drug-likeness (QED) is 0.451. The van der Waals surface area contributed by atoms with Gasteiger partial charge in [-0.1, -0.05) is 0 Å². The highest BCUT2D eigenvalue weighted by molar-refractivity contribution is 5.65. The normalized spacial score (nSPS) is 15.0. The van der Waals surface area contributed by atoms with Crippen molar-refractivity contribution in [1.29, 1.82) is 0 Å². The second kappa shape index (κ2) is 7.29. The Balaban J connectivity index is 1.85. The van der Waals surface area contributed by atoms with Crippen LogP contribution >= 0.6 is 0 Å². The van der Waals surface area contributed by atoms with Crippen LogP contribution in [-0.2, 0) is 0 Å². The average molecular weight is 346 g/mol. The van der Waals surface area contributed by atoms with Crippen LogP contribution in [0.2, 0.25) is 0 Å². The molecule has 0 unspecified atom stereocenters. The molecular formula is C18H16F2N2O3. The van der Waals surface area contributed by atoms with Gasteiger partial charge in [-0.05, 0) is 61.4 Å². The Bertz CT molecular complexity index is 783. The molecule has 2 aromatic carbocycles. The molecule has 1 aliphatic heterocycles. The van der Waals surface area contributed by atoms with Crippen LogP contribution in [0, 0.1) is 15.9 Å². The van der Waals surface area contributed by atoms with Crippen molar-refractivity contribution in [2.45, 2.75) is 12.8 Å². The predicted octanol–water partition coefficient (Wildman–Crippen LogP) is 4.59. The molecule has 1 heterocycles. The Labute approximate surface area is 143 Å². The Morgan fingerprint density at radius 2 is 1.52 bits per heavy atom. The summed E-state index contributed by atoms with van der Waals surface area (Å²) in [5.74, 6) is -0.786. The lowest BCUT2D eigenvalue weighted by Gasteiger charge is -2.19. The molecule has 0 amide bonds. The molecule has 1 saturated heterocycles. The molecular weight excluding hydrogens is 330 g/mol. The second-order valence-electron chi connectivity index (χ2n) is 5.67. The molecule has 0 atom stereocenters. The summed E-state index contributed by atoms with van der Waals surface area (Å²) in [6, 6.07) is 11.9. The van der Waals surface area contributed by atoms with Gasteiger partial charge in [0.25, 0.3) is 0 Å². The number of ether oxygens (including phenoxy) is 1. The Kier molecular flexibility index (Phi) is 4.92. The summed E-state index contributed by atoms with van der Waals surface area (Å²) in [6.07, 6.45) is 1.75. The van der Waals surface area contributed by atoms with E-state index in [4.69, 9.17) is 4.74 Å². The van der Waals surface area contributed by atoms with E-state index in [0.29, 0.717) is 30.2 Å². The van der Waals surface area contributed by atoms with Crippen molar-refractivity contribution in [1.82, 2.24) is 4.90 Å². The van der Waals surface area contributed by atoms with Gasteiger partial charge in [-0.25, -0.2) is 4.39 Å². The van der Waals surface area contributed by atoms with Gasteiger partial charge in [0, 0.05) is 18.7 Å². The number of nitro groups is 1. The van der Waals surface area contributed by atoms with E-state index in [0.717, 1.165) is 12.8 Å². The number of hydrogen-bond donors (Lipinski definition) is 0. The summed E-state index contributed by atoms with van der Waals surface area (Å²) >= 11 is 0. The van der Waals surface area contributed by atoms with Crippen molar-refractivity contribution in [2.75, 3.05) is 13.1 Å². The topological polar surface area (TPSA) is 55.6 Å². The average Bonchev–Trinajstić information content (AvgIpc) is 3.12. The van der Waals surface area contributed by atoms with Crippen molar-refractivity contribution >= 4 is 5.70 Å². The van der Waals surface area contributed by atoms with E-state index in [1.807, 2.05) is 0 Å². The third kappa shape index (κ3) is 3.93. The van der Waals surface area contributed by atoms with E-state index in [2.05, 4.69) is 0 Å². The Hall–Kier alpha value is -2.96. The molecule has 130 valence electrons. The van der Waals surface area contributed by atoms with Crippen LogP contribution in [-0.4, -0.2) is 22.9 Å². The maximum absolute atomic E-state index is 14.1. The molecule has 7 heteroatoms. The van der Waals surface area contributed by atoms with Crippen LogP contribution in [0.25, 0.3) is 5.70 Å². The molecule has 0 bridgehead atoms. The van der Waals surface area contributed by atoms with Gasteiger partial charge in [0.05, 0.1) is 4.92 Å². The zero-order chi connectivity index (χ0) is 17.8. The lowest BCUT2D eigenvalue weighted by molar-refractivity contribution is -0.446. The molecule has 0 aromatic heterocycles. The number of benzene rings is 2. The lowest BCUT2D eigenvalue weighted by Crippen LogP contribution is -2.20. The van der Waals surface area contributed by atoms with E-state index in [1.165, 1.54) is 24.3 Å². The fourth-order valence-electron chi connectivity index (χ4n) is 2.78. The minimum absolute atomic E-state index is 0.00386. The maximum atomic E-state index is 14.1. The molecule has 0 N–H and O–H groups in total. The fraction of sp³-hybridized carbons (Fsp3) is 0.222. The minimum atomic E-state index is -1.35. The third-order valence-electron chi connectivity index (χ3n) is 3.96. The summed E-state index contributed by atoms with van der Waals surface area (Å²) < 4.78 is 32.6. The van der Waals surface area contributed by atoms with Crippen LogP contribution in [0.4, 0.5) is 8.78 Å². The molecule has 3 rings (SSSR count). The highest BCUT2D eigenvalue weighted by atomic mass is 19.1. The van der Waals surface area contributed by atoms with Crippen molar-refractivity contribution in [2.24, 2.45) is 0 Å². The maximum Gasteiger partial charge on any atom is 0.443 e. The van der Waals surface area contributed by atoms with Gasteiger partial charge in [0.1, 0.15) is 17.3 Å². The molecule has 0 saturated carbocycles. The van der Waals surface area contributed by atoms with Gasteiger partial charge in [-0.15, -0.1) is 4.39 Å². The number of rotatable bonds is 5. The van der Waals surface area contributed by atoms with Crippen LogP contribution in [0.3, 0.4) is 0 Å². The van der Waals surface area contributed by atoms with E-state index >= 15 is 0 Å². The fourth-order valence-corrected chi connectivity index (χ4v) is 2.78. The van der Waals surface area contributed by atoms with Gasteiger partial charge in [0.2, 0.25) is 0 Å².